The number of anilines is 1. The fraction of sp³-hybridized carbons (Fsp3) is 0.310. The number of amides is 2. The van der Waals surface area contributed by atoms with E-state index in [-0.39, 0.29) is 24.9 Å². The molecule has 0 aliphatic carbocycles. The molecule has 0 fully saturated rings. The van der Waals surface area contributed by atoms with E-state index in [4.69, 9.17) is 11.6 Å². The molecule has 0 unspecified atom stereocenters. The maximum atomic E-state index is 14.0. The second-order valence-electron chi connectivity index (χ2n) is 9.42. The van der Waals surface area contributed by atoms with Crippen molar-refractivity contribution in [3.05, 3.63) is 98.6 Å². The van der Waals surface area contributed by atoms with Gasteiger partial charge in [0.15, 0.2) is 0 Å². The summed E-state index contributed by atoms with van der Waals surface area (Å²) in [5, 5.41) is 3.56. The molecule has 0 aliphatic heterocycles. The van der Waals surface area contributed by atoms with Crippen LogP contribution in [0.2, 0.25) is 5.02 Å². The lowest BCUT2D eigenvalue weighted by molar-refractivity contribution is -0.140. The Morgan fingerprint density at radius 1 is 0.949 bits per heavy atom. The molecule has 10 heteroatoms. The Labute approximate surface area is 249 Å². The van der Waals surface area contributed by atoms with Crippen LogP contribution < -0.4 is 9.62 Å². The van der Waals surface area contributed by atoms with E-state index in [1.54, 1.807) is 48.5 Å². The molecule has 0 heterocycles. The number of sulfonamides is 1. The number of nitrogens with one attached hydrogen (secondary N) is 1. The smallest absolute Gasteiger partial charge is 0.244 e. The first-order valence-corrected chi connectivity index (χ1v) is 15.9. The van der Waals surface area contributed by atoms with Crippen molar-refractivity contribution in [1.82, 2.24) is 10.2 Å². The standard InChI is InChI=1S/C29H33ClIN3O4S/c1-4-21(2)32-29(36)27(18-22-8-6-5-7-9-22)33(19-23-10-12-24(30)13-11-23)28(35)20-34(39(3,37)38)26-16-14-25(31)15-17-26/h5-17,21,27H,4,18-20H2,1-3H3,(H,32,36)/t21-,27-/m0/s1. The van der Waals surface area contributed by atoms with Gasteiger partial charge in [-0.3, -0.25) is 13.9 Å². The predicted octanol–water partition coefficient (Wildman–Crippen LogP) is 5.27. The van der Waals surface area contributed by atoms with Crippen LogP contribution in [0.15, 0.2) is 78.9 Å². The summed E-state index contributed by atoms with van der Waals surface area (Å²) in [6, 6.07) is 22.4. The summed E-state index contributed by atoms with van der Waals surface area (Å²) in [5.41, 5.74) is 2.03. The summed E-state index contributed by atoms with van der Waals surface area (Å²) < 4.78 is 27.6. The summed E-state index contributed by atoms with van der Waals surface area (Å²) in [7, 11) is -3.80. The fourth-order valence-electron chi connectivity index (χ4n) is 4.00. The van der Waals surface area contributed by atoms with Crippen molar-refractivity contribution in [2.45, 2.75) is 45.3 Å². The molecular formula is C29H33ClIN3O4S. The molecule has 0 bridgehead atoms. The molecule has 0 aromatic heterocycles. The van der Waals surface area contributed by atoms with Crippen LogP contribution >= 0.6 is 34.2 Å². The molecule has 208 valence electrons. The normalized spacial score (nSPS) is 12.8. The van der Waals surface area contributed by atoms with E-state index in [0.717, 1.165) is 31.7 Å². The summed E-state index contributed by atoms with van der Waals surface area (Å²) in [6.07, 6.45) is 2.06. The molecule has 3 aromatic carbocycles. The van der Waals surface area contributed by atoms with Crippen LogP contribution in [0, 0.1) is 3.57 Å². The van der Waals surface area contributed by atoms with Crippen molar-refractivity contribution < 1.29 is 18.0 Å². The largest absolute Gasteiger partial charge is 0.352 e. The van der Waals surface area contributed by atoms with Crippen LogP contribution in [0.3, 0.4) is 0 Å². The van der Waals surface area contributed by atoms with Crippen LogP contribution in [0.5, 0.6) is 0 Å². The fourth-order valence-corrected chi connectivity index (χ4v) is 5.34. The average molecular weight is 682 g/mol. The maximum absolute atomic E-state index is 14.0. The molecule has 0 saturated carbocycles. The molecular weight excluding hydrogens is 649 g/mol. The lowest BCUT2D eigenvalue weighted by Gasteiger charge is -2.34. The Balaban J connectivity index is 2.04. The zero-order valence-corrected chi connectivity index (χ0v) is 25.9. The molecule has 0 radical (unpaired) electrons. The monoisotopic (exact) mass is 681 g/mol. The van der Waals surface area contributed by atoms with Gasteiger partial charge >= 0.3 is 0 Å². The van der Waals surface area contributed by atoms with Crippen LogP contribution in [0.4, 0.5) is 5.69 Å². The van der Waals surface area contributed by atoms with Gasteiger partial charge in [-0.1, -0.05) is 61.0 Å². The van der Waals surface area contributed by atoms with E-state index < -0.39 is 28.5 Å². The third kappa shape index (κ3) is 9.22. The molecule has 3 aromatic rings. The second-order valence-corrected chi connectivity index (χ2v) is 13.0. The van der Waals surface area contributed by atoms with Gasteiger partial charge in [-0.2, -0.15) is 0 Å². The number of carbonyl (C=O) groups is 2. The number of nitrogens with zero attached hydrogens (tertiary/aromatic N) is 2. The highest BCUT2D eigenvalue weighted by Crippen LogP contribution is 2.22. The van der Waals surface area contributed by atoms with Crippen molar-refractivity contribution in [1.29, 1.82) is 0 Å². The Morgan fingerprint density at radius 3 is 2.13 bits per heavy atom. The highest BCUT2D eigenvalue weighted by atomic mass is 127. The van der Waals surface area contributed by atoms with E-state index in [0.29, 0.717) is 10.7 Å². The number of carbonyl (C=O) groups excluding carboxylic acids is 2. The van der Waals surface area contributed by atoms with Gasteiger partial charge in [0.05, 0.1) is 11.9 Å². The van der Waals surface area contributed by atoms with Crippen molar-refractivity contribution in [3.8, 4) is 0 Å². The maximum Gasteiger partial charge on any atom is 0.244 e. The summed E-state index contributed by atoms with van der Waals surface area (Å²) in [6.45, 7) is 3.53. The molecule has 3 rings (SSSR count). The molecule has 2 amide bonds. The third-order valence-corrected chi connectivity index (χ3v) is 8.44. The topological polar surface area (TPSA) is 86.8 Å². The lowest BCUT2D eigenvalue weighted by Crippen LogP contribution is -2.54. The number of hydrogen-bond acceptors (Lipinski definition) is 4. The highest BCUT2D eigenvalue weighted by Gasteiger charge is 2.33. The molecule has 2 atom stereocenters. The average Bonchev–Trinajstić information content (AvgIpc) is 2.90. The van der Waals surface area contributed by atoms with E-state index in [1.807, 2.05) is 44.2 Å². The van der Waals surface area contributed by atoms with Crippen LogP contribution in [0.25, 0.3) is 0 Å². The zero-order chi connectivity index (χ0) is 28.6. The number of halogens is 2. The summed E-state index contributed by atoms with van der Waals surface area (Å²) >= 11 is 8.22. The van der Waals surface area contributed by atoms with Gasteiger partial charge in [0.1, 0.15) is 12.6 Å². The Morgan fingerprint density at radius 2 is 1.56 bits per heavy atom. The van der Waals surface area contributed by atoms with Crippen LogP contribution in [-0.4, -0.2) is 50.0 Å². The number of rotatable bonds is 12. The van der Waals surface area contributed by atoms with E-state index in [9.17, 15) is 18.0 Å². The van der Waals surface area contributed by atoms with Gasteiger partial charge < -0.3 is 10.2 Å². The van der Waals surface area contributed by atoms with Gasteiger partial charge in [-0.15, -0.1) is 0 Å². The van der Waals surface area contributed by atoms with Crippen LogP contribution in [-0.2, 0) is 32.6 Å². The summed E-state index contributed by atoms with van der Waals surface area (Å²) in [4.78, 5) is 29.1. The van der Waals surface area contributed by atoms with Gasteiger partial charge in [-0.25, -0.2) is 8.42 Å². The Kier molecular flexibility index (Phi) is 11.2. The lowest BCUT2D eigenvalue weighted by atomic mass is 10.0. The quantitative estimate of drug-likeness (QED) is 0.264. The van der Waals surface area contributed by atoms with Gasteiger partial charge in [-0.05, 0) is 83.5 Å². The molecule has 7 nitrogen and oxygen atoms in total. The molecule has 0 saturated heterocycles. The minimum Gasteiger partial charge on any atom is -0.352 e. The highest BCUT2D eigenvalue weighted by molar-refractivity contribution is 14.1. The SMILES string of the molecule is CC[C@H](C)NC(=O)[C@H](Cc1ccccc1)N(Cc1ccc(Cl)cc1)C(=O)CN(c1ccc(I)cc1)S(C)(=O)=O. The molecule has 39 heavy (non-hydrogen) atoms. The first-order valence-electron chi connectivity index (χ1n) is 12.6. The third-order valence-electron chi connectivity index (χ3n) is 6.33. The van der Waals surface area contributed by atoms with Gasteiger partial charge in [0.2, 0.25) is 21.8 Å². The van der Waals surface area contributed by atoms with E-state index in [2.05, 4.69) is 27.9 Å². The molecule has 0 spiro atoms. The minimum atomic E-state index is -3.80. The Bertz CT molecular complexity index is 1350. The minimum absolute atomic E-state index is 0.0948. The first-order chi connectivity index (χ1) is 18.5. The number of hydrogen-bond donors (Lipinski definition) is 1. The van der Waals surface area contributed by atoms with Crippen molar-refractivity contribution in [3.63, 3.8) is 0 Å². The number of benzene rings is 3. The van der Waals surface area contributed by atoms with Crippen LogP contribution in [0.1, 0.15) is 31.4 Å². The van der Waals surface area contributed by atoms with Crippen molar-refractivity contribution in [2.24, 2.45) is 0 Å². The summed E-state index contributed by atoms with van der Waals surface area (Å²) in [5.74, 6) is -0.787. The zero-order valence-electron chi connectivity index (χ0n) is 22.2. The Hall–Kier alpha value is -2.63. The van der Waals surface area contributed by atoms with Crippen molar-refractivity contribution in [2.75, 3.05) is 17.1 Å². The molecule has 0 aliphatic rings. The van der Waals surface area contributed by atoms with Crippen molar-refractivity contribution >= 4 is 61.7 Å². The second kappa shape index (κ2) is 14.1. The van der Waals surface area contributed by atoms with Gasteiger partial charge in [0.25, 0.3) is 0 Å². The van der Waals surface area contributed by atoms with Gasteiger partial charge in [0, 0.05) is 27.6 Å². The molecule has 1 N–H and O–H groups in total. The predicted molar refractivity (Wildman–Crippen MR) is 165 cm³/mol. The van der Waals surface area contributed by atoms with E-state index in [1.165, 1.54) is 4.90 Å². The first kappa shape index (κ1) is 30.9. The van der Waals surface area contributed by atoms with E-state index >= 15 is 0 Å².